The number of aromatic nitrogens is 2. The molecular weight excluding hydrogens is 414 g/mol. The maximum absolute atomic E-state index is 13.1. The van der Waals surface area contributed by atoms with E-state index in [-0.39, 0.29) is 11.9 Å². The summed E-state index contributed by atoms with van der Waals surface area (Å²) < 4.78 is 7.55. The topological polar surface area (TPSA) is 73.2 Å². The number of anilines is 1. The van der Waals surface area contributed by atoms with Crippen molar-refractivity contribution in [3.8, 4) is 5.75 Å². The Hall–Kier alpha value is -4.19. The number of imidazole rings is 1. The molecule has 0 radical (unpaired) electrons. The van der Waals surface area contributed by atoms with Gasteiger partial charge in [0.2, 0.25) is 5.91 Å². The van der Waals surface area contributed by atoms with E-state index in [1.165, 1.54) is 0 Å². The molecule has 166 valence electrons. The minimum absolute atomic E-state index is 0.0985. The third-order valence-corrected chi connectivity index (χ3v) is 5.22. The number of carbonyl (C=O) groups is 2. The van der Waals surface area contributed by atoms with Crippen LogP contribution in [0, 0.1) is 0 Å². The van der Waals surface area contributed by atoms with Gasteiger partial charge in [0.05, 0.1) is 12.0 Å². The summed E-state index contributed by atoms with van der Waals surface area (Å²) in [7, 11) is 1.90. The molecule has 0 spiro atoms. The summed E-state index contributed by atoms with van der Waals surface area (Å²) in [4.78, 5) is 29.6. The van der Waals surface area contributed by atoms with Gasteiger partial charge in [-0.3, -0.25) is 9.59 Å². The second-order valence-electron chi connectivity index (χ2n) is 7.78. The van der Waals surface area contributed by atoms with Crippen LogP contribution >= 0.6 is 0 Å². The predicted molar refractivity (Wildman–Crippen MR) is 127 cm³/mol. The van der Waals surface area contributed by atoms with Crippen LogP contribution in [0.4, 0.5) is 5.69 Å². The first-order valence-corrected chi connectivity index (χ1v) is 10.8. The van der Waals surface area contributed by atoms with Gasteiger partial charge in [0.15, 0.2) is 0 Å². The lowest BCUT2D eigenvalue weighted by Crippen LogP contribution is -2.20. The van der Waals surface area contributed by atoms with Crippen molar-refractivity contribution in [1.82, 2.24) is 9.55 Å². The fourth-order valence-electron chi connectivity index (χ4n) is 3.60. The van der Waals surface area contributed by atoms with Crippen LogP contribution in [0.2, 0.25) is 0 Å². The number of nitrogens with one attached hydrogen (secondary N) is 1. The molecule has 0 aliphatic heterocycles. The molecule has 0 aliphatic rings. The summed E-state index contributed by atoms with van der Waals surface area (Å²) in [5.41, 5.74) is 3.25. The van der Waals surface area contributed by atoms with Crippen LogP contribution in [-0.4, -0.2) is 21.4 Å². The molecule has 0 saturated carbocycles. The summed E-state index contributed by atoms with van der Waals surface area (Å²) in [5.74, 6) is -0.570. The summed E-state index contributed by atoms with van der Waals surface area (Å²) in [6.07, 6.45) is 4.52. The van der Waals surface area contributed by atoms with E-state index in [9.17, 15) is 9.59 Å². The zero-order chi connectivity index (χ0) is 23.0. The maximum atomic E-state index is 13.1. The SMILES string of the molecule is Cn1cnc(CCC(=O)Nc2ccc(OC(=O)C(c3ccccc3)c3ccccc3)cc2)c1. The minimum atomic E-state index is -0.529. The number of hydrogen-bond acceptors (Lipinski definition) is 4. The Morgan fingerprint density at radius 1 is 0.909 bits per heavy atom. The van der Waals surface area contributed by atoms with E-state index in [1.54, 1.807) is 30.6 Å². The molecule has 1 N–H and O–H groups in total. The average Bonchev–Trinajstić information content (AvgIpc) is 3.26. The van der Waals surface area contributed by atoms with Gasteiger partial charge < -0.3 is 14.6 Å². The Bertz CT molecular complexity index is 1160. The highest BCUT2D eigenvalue weighted by atomic mass is 16.5. The van der Waals surface area contributed by atoms with Crippen molar-refractivity contribution in [3.63, 3.8) is 0 Å². The van der Waals surface area contributed by atoms with Crippen LogP contribution in [0.15, 0.2) is 97.5 Å². The van der Waals surface area contributed by atoms with Gasteiger partial charge in [0.1, 0.15) is 11.7 Å². The van der Waals surface area contributed by atoms with Gasteiger partial charge >= 0.3 is 5.97 Å². The minimum Gasteiger partial charge on any atom is -0.426 e. The number of amides is 1. The van der Waals surface area contributed by atoms with Gasteiger partial charge in [-0.15, -0.1) is 0 Å². The molecule has 1 amide bonds. The van der Waals surface area contributed by atoms with E-state index >= 15 is 0 Å². The van der Waals surface area contributed by atoms with E-state index in [1.807, 2.05) is 78.5 Å². The molecule has 3 aromatic carbocycles. The Balaban J connectivity index is 1.39. The number of ether oxygens (including phenoxy) is 1. The molecule has 0 aliphatic carbocycles. The number of nitrogens with zero attached hydrogens (tertiary/aromatic N) is 2. The predicted octanol–water partition coefficient (Wildman–Crippen LogP) is 4.73. The lowest BCUT2D eigenvalue weighted by Gasteiger charge is -2.17. The zero-order valence-corrected chi connectivity index (χ0v) is 18.3. The van der Waals surface area contributed by atoms with E-state index in [4.69, 9.17) is 4.74 Å². The molecule has 4 rings (SSSR count). The number of carbonyl (C=O) groups excluding carboxylic acids is 2. The highest BCUT2D eigenvalue weighted by Gasteiger charge is 2.24. The van der Waals surface area contributed by atoms with E-state index in [0.29, 0.717) is 24.3 Å². The fourth-order valence-corrected chi connectivity index (χ4v) is 3.60. The Morgan fingerprint density at radius 2 is 1.52 bits per heavy atom. The first-order valence-electron chi connectivity index (χ1n) is 10.8. The number of hydrogen-bond donors (Lipinski definition) is 1. The van der Waals surface area contributed by atoms with Crippen molar-refractivity contribution in [2.75, 3.05) is 5.32 Å². The van der Waals surface area contributed by atoms with Crippen molar-refractivity contribution < 1.29 is 14.3 Å². The van der Waals surface area contributed by atoms with Gasteiger partial charge in [-0.25, -0.2) is 4.98 Å². The second kappa shape index (κ2) is 10.4. The van der Waals surface area contributed by atoms with Crippen LogP contribution in [0.3, 0.4) is 0 Å². The van der Waals surface area contributed by atoms with Crippen LogP contribution in [0.25, 0.3) is 0 Å². The second-order valence-corrected chi connectivity index (χ2v) is 7.78. The lowest BCUT2D eigenvalue weighted by atomic mass is 9.91. The van der Waals surface area contributed by atoms with E-state index < -0.39 is 5.92 Å². The summed E-state index contributed by atoms with van der Waals surface area (Å²) in [6, 6.07) is 25.9. The molecule has 0 atom stereocenters. The van der Waals surface area contributed by atoms with Gasteiger partial charge in [-0.1, -0.05) is 60.7 Å². The number of benzene rings is 3. The highest BCUT2D eigenvalue weighted by Crippen LogP contribution is 2.27. The van der Waals surface area contributed by atoms with Crippen molar-refractivity contribution >= 4 is 17.6 Å². The van der Waals surface area contributed by atoms with Crippen molar-refractivity contribution in [2.24, 2.45) is 7.05 Å². The standard InChI is InChI=1S/C27H25N3O3/c1-30-18-23(28-19-30)14-17-25(31)29-22-12-15-24(16-13-22)33-27(32)26(20-8-4-2-5-9-20)21-10-6-3-7-11-21/h2-13,15-16,18-19,26H,14,17H2,1H3,(H,29,31). The third kappa shape index (κ3) is 5.95. The molecule has 33 heavy (non-hydrogen) atoms. The van der Waals surface area contributed by atoms with Crippen LogP contribution in [-0.2, 0) is 23.1 Å². The molecule has 0 unspecified atom stereocenters. The van der Waals surface area contributed by atoms with Crippen molar-refractivity contribution in [1.29, 1.82) is 0 Å². The summed E-state index contributed by atoms with van der Waals surface area (Å²) >= 11 is 0. The smallest absolute Gasteiger partial charge is 0.323 e. The molecule has 1 aromatic heterocycles. The summed E-state index contributed by atoms with van der Waals surface area (Å²) in [6.45, 7) is 0. The third-order valence-electron chi connectivity index (χ3n) is 5.22. The van der Waals surface area contributed by atoms with Gasteiger partial charge in [-0.2, -0.15) is 0 Å². The molecule has 0 fully saturated rings. The number of aryl methyl sites for hydroxylation is 2. The Kier molecular flexibility index (Phi) is 6.95. The zero-order valence-electron chi connectivity index (χ0n) is 18.3. The quantitative estimate of drug-likeness (QED) is 0.318. The van der Waals surface area contributed by atoms with Crippen LogP contribution < -0.4 is 10.1 Å². The van der Waals surface area contributed by atoms with Crippen LogP contribution in [0.5, 0.6) is 5.75 Å². The Morgan fingerprint density at radius 3 is 2.06 bits per heavy atom. The average molecular weight is 440 g/mol. The largest absolute Gasteiger partial charge is 0.426 e. The van der Waals surface area contributed by atoms with Gasteiger partial charge in [0.25, 0.3) is 0 Å². The molecule has 4 aromatic rings. The fraction of sp³-hybridized carbons (Fsp3) is 0.148. The highest BCUT2D eigenvalue weighted by molar-refractivity contribution is 5.91. The maximum Gasteiger partial charge on any atom is 0.323 e. The summed E-state index contributed by atoms with van der Waals surface area (Å²) in [5, 5.41) is 2.86. The van der Waals surface area contributed by atoms with Crippen molar-refractivity contribution in [2.45, 2.75) is 18.8 Å². The molecule has 6 nitrogen and oxygen atoms in total. The van der Waals surface area contributed by atoms with Crippen LogP contribution in [0.1, 0.15) is 29.2 Å². The van der Waals surface area contributed by atoms with E-state index in [0.717, 1.165) is 16.8 Å². The lowest BCUT2D eigenvalue weighted by molar-refractivity contribution is -0.135. The molecule has 0 saturated heterocycles. The molecule has 0 bridgehead atoms. The normalized spacial score (nSPS) is 10.7. The molecule has 1 heterocycles. The first-order chi connectivity index (χ1) is 16.1. The number of esters is 1. The monoisotopic (exact) mass is 439 g/mol. The number of rotatable bonds is 8. The van der Waals surface area contributed by atoms with E-state index in [2.05, 4.69) is 10.3 Å². The van der Waals surface area contributed by atoms with Crippen molar-refractivity contribution in [3.05, 3.63) is 114 Å². The van der Waals surface area contributed by atoms with Gasteiger partial charge in [0, 0.05) is 25.4 Å². The first kappa shape index (κ1) is 22.0. The Labute approximate surface area is 192 Å². The van der Waals surface area contributed by atoms with Gasteiger partial charge in [-0.05, 0) is 41.8 Å². The molecular formula is C27H25N3O3. The molecule has 6 heteroatoms.